The number of nitrogens with one attached hydrogen (secondary N) is 1. The molecule has 2 heterocycles. The Labute approximate surface area is 111 Å². The lowest BCUT2D eigenvalue weighted by Gasteiger charge is -2.36. The van der Waals surface area contributed by atoms with Crippen LogP contribution in [0.5, 0.6) is 0 Å². The minimum absolute atomic E-state index is 0.0246. The largest absolute Gasteiger partial charge is 0.342 e. The molecule has 1 amide bonds. The number of carbonyl (C=O) groups is 1. The Balaban J connectivity index is 1.99. The summed E-state index contributed by atoms with van der Waals surface area (Å²) in [6.45, 7) is 2.89. The van der Waals surface area contributed by atoms with Crippen molar-refractivity contribution in [3.05, 3.63) is 11.5 Å². The predicted molar refractivity (Wildman–Crippen MR) is 69.8 cm³/mol. The van der Waals surface area contributed by atoms with Crippen LogP contribution in [0.1, 0.15) is 26.2 Å². The molecule has 0 aromatic carbocycles. The molecule has 18 heavy (non-hydrogen) atoms. The van der Waals surface area contributed by atoms with Crippen LogP contribution in [0, 0.1) is 5.92 Å². The first kappa shape index (κ1) is 11.7. The van der Waals surface area contributed by atoms with Gasteiger partial charge in [-0.05, 0) is 36.8 Å². The van der Waals surface area contributed by atoms with E-state index in [4.69, 9.17) is 11.6 Å². The van der Waals surface area contributed by atoms with Gasteiger partial charge in [-0.15, -0.1) is 0 Å². The van der Waals surface area contributed by atoms with E-state index in [0.717, 1.165) is 18.8 Å². The summed E-state index contributed by atoms with van der Waals surface area (Å²) in [6.07, 6.45) is 4.82. The first-order chi connectivity index (χ1) is 8.69. The van der Waals surface area contributed by atoms with Gasteiger partial charge in [-0.3, -0.25) is 4.79 Å². The SMILES string of the molecule is CC[C@@H]1C(=O)Nc2cnc(Cl)nc2N1CC1CC1. The number of amides is 1. The number of hydrogen-bond donors (Lipinski definition) is 1. The molecule has 6 heteroatoms. The molecule has 2 aliphatic rings. The van der Waals surface area contributed by atoms with Gasteiger partial charge in [-0.25, -0.2) is 4.98 Å². The van der Waals surface area contributed by atoms with Crippen molar-refractivity contribution >= 4 is 29.0 Å². The van der Waals surface area contributed by atoms with Crippen LogP contribution in [0.25, 0.3) is 0 Å². The van der Waals surface area contributed by atoms with Crippen LogP contribution in [0.3, 0.4) is 0 Å². The van der Waals surface area contributed by atoms with Crippen molar-refractivity contribution in [2.75, 3.05) is 16.8 Å². The summed E-state index contributed by atoms with van der Waals surface area (Å²) in [4.78, 5) is 22.3. The molecule has 1 aliphatic heterocycles. The number of nitrogens with zero attached hydrogens (tertiary/aromatic N) is 3. The maximum absolute atomic E-state index is 12.0. The first-order valence-corrected chi connectivity index (χ1v) is 6.67. The Morgan fingerprint density at radius 3 is 3.00 bits per heavy atom. The summed E-state index contributed by atoms with van der Waals surface area (Å²) in [5.41, 5.74) is 0.662. The molecule has 1 aliphatic carbocycles. The van der Waals surface area contributed by atoms with E-state index < -0.39 is 0 Å². The molecule has 1 N–H and O–H groups in total. The van der Waals surface area contributed by atoms with Gasteiger partial charge in [0.1, 0.15) is 11.7 Å². The van der Waals surface area contributed by atoms with Crippen molar-refractivity contribution in [2.45, 2.75) is 32.2 Å². The van der Waals surface area contributed by atoms with E-state index in [2.05, 4.69) is 20.2 Å². The fourth-order valence-electron chi connectivity index (χ4n) is 2.36. The Hall–Kier alpha value is -1.36. The number of fused-ring (bicyclic) bond motifs is 1. The zero-order valence-corrected chi connectivity index (χ0v) is 10.9. The van der Waals surface area contributed by atoms with Crippen molar-refractivity contribution in [2.24, 2.45) is 5.92 Å². The smallest absolute Gasteiger partial charge is 0.247 e. The molecule has 96 valence electrons. The molecule has 0 bridgehead atoms. The number of aromatic nitrogens is 2. The van der Waals surface area contributed by atoms with Crippen LogP contribution in [0.2, 0.25) is 5.28 Å². The molecule has 1 fully saturated rings. The average molecular weight is 267 g/mol. The van der Waals surface area contributed by atoms with Crippen LogP contribution in [-0.2, 0) is 4.79 Å². The van der Waals surface area contributed by atoms with Gasteiger partial charge >= 0.3 is 0 Å². The quantitative estimate of drug-likeness (QED) is 0.851. The highest BCUT2D eigenvalue weighted by Crippen LogP contribution is 2.37. The van der Waals surface area contributed by atoms with Crippen molar-refractivity contribution in [1.29, 1.82) is 0 Å². The zero-order chi connectivity index (χ0) is 12.7. The van der Waals surface area contributed by atoms with Gasteiger partial charge in [0.05, 0.1) is 6.20 Å². The van der Waals surface area contributed by atoms with Gasteiger partial charge in [0.2, 0.25) is 11.2 Å². The van der Waals surface area contributed by atoms with Gasteiger partial charge in [0, 0.05) is 6.54 Å². The molecule has 0 radical (unpaired) electrons. The molecule has 1 aromatic heterocycles. The number of carbonyl (C=O) groups excluding carboxylic acids is 1. The van der Waals surface area contributed by atoms with Crippen molar-refractivity contribution in [3.8, 4) is 0 Å². The molecule has 1 saturated carbocycles. The third-order valence-corrected chi connectivity index (χ3v) is 3.67. The van der Waals surface area contributed by atoms with Crippen LogP contribution in [0.4, 0.5) is 11.5 Å². The molecule has 0 saturated heterocycles. The lowest BCUT2D eigenvalue weighted by molar-refractivity contribution is -0.117. The topological polar surface area (TPSA) is 58.1 Å². The average Bonchev–Trinajstić information content (AvgIpc) is 3.14. The minimum atomic E-state index is -0.149. The standard InChI is InChI=1S/C12H15ClN4O/c1-2-9-11(18)15-8-5-14-12(13)16-10(8)17(9)6-7-3-4-7/h5,7,9H,2-4,6H2,1H3,(H,15,18)/t9-/m1/s1. The molecular weight excluding hydrogens is 252 g/mol. The van der Waals surface area contributed by atoms with Crippen LogP contribution >= 0.6 is 11.6 Å². The second-order valence-corrected chi connectivity index (χ2v) is 5.22. The second-order valence-electron chi connectivity index (χ2n) is 4.89. The Morgan fingerprint density at radius 2 is 2.33 bits per heavy atom. The summed E-state index contributed by atoms with van der Waals surface area (Å²) in [6, 6.07) is -0.149. The van der Waals surface area contributed by atoms with E-state index in [1.54, 1.807) is 6.20 Å². The molecule has 0 spiro atoms. The van der Waals surface area contributed by atoms with Gasteiger partial charge in [-0.2, -0.15) is 4.98 Å². The lowest BCUT2D eigenvalue weighted by Crippen LogP contribution is -2.49. The first-order valence-electron chi connectivity index (χ1n) is 6.29. The summed E-state index contributed by atoms with van der Waals surface area (Å²) >= 11 is 5.86. The van der Waals surface area contributed by atoms with E-state index >= 15 is 0 Å². The van der Waals surface area contributed by atoms with Crippen molar-refractivity contribution in [1.82, 2.24) is 9.97 Å². The Kier molecular flexibility index (Phi) is 2.86. The Bertz CT molecular complexity index is 489. The Morgan fingerprint density at radius 1 is 1.56 bits per heavy atom. The highest BCUT2D eigenvalue weighted by atomic mass is 35.5. The van der Waals surface area contributed by atoms with E-state index in [1.165, 1.54) is 12.8 Å². The van der Waals surface area contributed by atoms with E-state index in [9.17, 15) is 4.79 Å². The highest BCUT2D eigenvalue weighted by Gasteiger charge is 2.36. The van der Waals surface area contributed by atoms with E-state index in [0.29, 0.717) is 11.6 Å². The highest BCUT2D eigenvalue weighted by molar-refractivity contribution is 6.28. The fraction of sp³-hybridized carbons (Fsp3) is 0.583. The molecule has 5 nitrogen and oxygen atoms in total. The minimum Gasteiger partial charge on any atom is -0.342 e. The van der Waals surface area contributed by atoms with Crippen molar-refractivity contribution in [3.63, 3.8) is 0 Å². The van der Waals surface area contributed by atoms with Crippen LogP contribution in [0.15, 0.2) is 6.20 Å². The van der Waals surface area contributed by atoms with E-state index in [1.807, 2.05) is 6.92 Å². The van der Waals surface area contributed by atoms with Crippen LogP contribution < -0.4 is 10.2 Å². The molecule has 0 unspecified atom stereocenters. The fourth-order valence-corrected chi connectivity index (χ4v) is 2.49. The van der Waals surface area contributed by atoms with Gasteiger partial charge in [0.25, 0.3) is 0 Å². The third kappa shape index (κ3) is 2.03. The lowest BCUT2D eigenvalue weighted by atomic mass is 10.1. The number of hydrogen-bond acceptors (Lipinski definition) is 4. The molecular formula is C12H15ClN4O. The number of anilines is 2. The second kappa shape index (κ2) is 4.39. The molecule has 1 aromatic rings. The maximum Gasteiger partial charge on any atom is 0.247 e. The van der Waals surface area contributed by atoms with Gasteiger partial charge in [0.15, 0.2) is 5.82 Å². The normalized spacial score (nSPS) is 22.7. The summed E-state index contributed by atoms with van der Waals surface area (Å²) in [5.74, 6) is 1.47. The molecule has 3 rings (SSSR count). The monoisotopic (exact) mass is 266 g/mol. The number of halogens is 1. The van der Waals surface area contributed by atoms with E-state index in [-0.39, 0.29) is 17.2 Å². The summed E-state index contributed by atoms with van der Waals surface area (Å²) in [7, 11) is 0. The van der Waals surface area contributed by atoms with Gasteiger partial charge in [-0.1, -0.05) is 6.92 Å². The van der Waals surface area contributed by atoms with Crippen LogP contribution in [-0.4, -0.2) is 28.5 Å². The van der Waals surface area contributed by atoms with Crippen molar-refractivity contribution < 1.29 is 4.79 Å². The summed E-state index contributed by atoms with van der Waals surface area (Å²) in [5, 5.41) is 3.07. The third-order valence-electron chi connectivity index (χ3n) is 3.49. The van der Waals surface area contributed by atoms with Gasteiger partial charge < -0.3 is 10.2 Å². The number of rotatable bonds is 3. The predicted octanol–water partition coefficient (Wildman–Crippen LogP) is 2.08. The molecule has 1 atom stereocenters. The summed E-state index contributed by atoms with van der Waals surface area (Å²) < 4.78 is 0. The maximum atomic E-state index is 12.0. The zero-order valence-electron chi connectivity index (χ0n) is 10.2.